The summed E-state index contributed by atoms with van der Waals surface area (Å²) >= 11 is 0. The molecule has 1 aliphatic carbocycles. The van der Waals surface area contributed by atoms with Crippen molar-refractivity contribution >= 4 is 6.09 Å². The number of hydrogen-bond donors (Lipinski definition) is 1. The van der Waals surface area contributed by atoms with E-state index in [4.69, 9.17) is 4.74 Å². The number of ether oxygens (including phenoxy) is 1. The highest BCUT2D eigenvalue weighted by molar-refractivity contribution is 5.68. The van der Waals surface area contributed by atoms with Gasteiger partial charge in [0.1, 0.15) is 5.60 Å². The lowest BCUT2D eigenvalue weighted by molar-refractivity contribution is 0.0226. The van der Waals surface area contributed by atoms with Gasteiger partial charge in [-0.05, 0) is 77.9 Å². The van der Waals surface area contributed by atoms with Crippen LogP contribution >= 0.6 is 0 Å². The van der Waals surface area contributed by atoms with E-state index < -0.39 is 5.60 Å². The molecule has 0 aromatic rings. The lowest BCUT2D eigenvalue weighted by Crippen LogP contribution is -2.42. The largest absolute Gasteiger partial charge is 0.444 e. The Balaban J connectivity index is 1.73. The molecule has 2 rings (SSSR count). The zero-order valence-corrected chi connectivity index (χ0v) is 16.1. The van der Waals surface area contributed by atoms with Gasteiger partial charge in [0.15, 0.2) is 0 Å². The van der Waals surface area contributed by atoms with Crippen LogP contribution < -0.4 is 5.32 Å². The molecule has 24 heavy (non-hydrogen) atoms. The molecular weight excluding hydrogens is 302 g/mol. The molecule has 1 unspecified atom stereocenters. The van der Waals surface area contributed by atoms with Crippen molar-refractivity contribution in [2.45, 2.75) is 59.0 Å². The first kappa shape index (κ1) is 19.5. The molecule has 1 aliphatic heterocycles. The molecule has 2 fully saturated rings. The maximum absolute atomic E-state index is 12.4. The quantitative estimate of drug-likeness (QED) is 0.656. The van der Waals surface area contributed by atoms with E-state index in [9.17, 15) is 4.79 Å². The molecule has 140 valence electrons. The van der Waals surface area contributed by atoms with Crippen molar-refractivity contribution in [2.75, 3.05) is 45.8 Å². The summed E-state index contributed by atoms with van der Waals surface area (Å²) in [5, 5.41) is 3.53. The van der Waals surface area contributed by atoms with Gasteiger partial charge >= 0.3 is 6.09 Å². The second kappa shape index (κ2) is 9.04. The Kier molecular flexibility index (Phi) is 7.35. The van der Waals surface area contributed by atoms with Crippen molar-refractivity contribution in [1.82, 2.24) is 15.1 Å². The Bertz CT molecular complexity index is 391. The van der Waals surface area contributed by atoms with Gasteiger partial charge in [-0.15, -0.1) is 0 Å². The van der Waals surface area contributed by atoms with Crippen LogP contribution in [0, 0.1) is 11.8 Å². The molecule has 1 saturated carbocycles. The average Bonchev–Trinajstić information content (AvgIpc) is 3.20. The van der Waals surface area contributed by atoms with Crippen molar-refractivity contribution in [2.24, 2.45) is 11.8 Å². The van der Waals surface area contributed by atoms with Crippen LogP contribution in [0.1, 0.15) is 53.4 Å². The summed E-state index contributed by atoms with van der Waals surface area (Å²) in [4.78, 5) is 16.9. The third-order valence-electron chi connectivity index (χ3n) is 4.74. The van der Waals surface area contributed by atoms with Crippen LogP contribution in [0.2, 0.25) is 0 Å². The molecule has 1 amide bonds. The summed E-state index contributed by atoms with van der Waals surface area (Å²) in [5.41, 5.74) is -0.414. The van der Waals surface area contributed by atoms with Crippen LogP contribution in [-0.2, 0) is 4.74 Å². The predicted molar refractivity (Wildman–Crippen MR) is 98.2 cm³/mol. The second-order valence-corrected chi connectivity index (χ2v) is 8.53. The lowest BCUT2D eigenvalue weighted by Gasteiger charge is -2.29. The van der Waals surface area contributed by atoms with Gasteiger partial charge in [-0.2, -0.15) is 0 Å². The fraction of sp³-hybridized carbons (Fsp3) is 0.947. The van der Waals surface area contributed by atoms with E-state index in [1.807, 2.05) is 25.7 Å². The van der Waals surface area contributed by atoms with E-state index in [-0.39, 0.29) is 6.09 Å². The first-order valence-electron chi connectivity index (χ1n) is 9.78. The third-order valence-corrected chi connectivity index (χ3v) is 4.74. The van der Waals surface area contributed by atoms with Crippen molar-refractivity contribution in [3.8, 4) is 0 Å². The number of likely N-dealkylation sites (tertiary alicyclic amines) is 1. The Morgan fingerprint density at radius 1 is 1.25 bits per heavy atom. The highest BCUT2D eigenvalue weighted by atomic mass is 16.6. The molecule has 1 heterocycles. The summed E-state index contributed by atoms with van der Waals surface area (Å²) in [6.07, 6.45) is 4.84. The molecule has 2 aliphatic rings. The summed E-state index contributed by atoms with van der Waals surface area (Å²) in [6.45, 7) is 15.2. The van der Waals surface area contributed by atoms with E-state index >= 15 is 0 Å². The minimum atomic E-state index is -0.414. The van der Waals surface area contributed by atoms with Crippen molar-refractivity contribution in [1.29, 1.82) is 0 Å². The molecule has 1 N–H and O–H groups in total. The highest BCUT2D eigenvalue weighted by Crippen LogP contribution is 2.30. The Morgan fingerprint density at radius 2 is 2.00 bits per heavy atom. The molecule has 0 spiro atoms. The fourth-order valence-electron chi connectivity index (χ4n) is 3.22. The van der Waals surface area contributed by atoms with Crippen molar-refractivity contribution in [3.63, 3.8) is 0 Å². The summed E-state index contributed by atoms with van der Waals surface area (Å²) < 4.78 is 5.59. The van der Waals surface area contributed by atoms with Crippen LogP contribution in [-0.4, -0.2) is 67.3 Å². The number of nitrogens with zero attached hydrogens (tertiary/aromatic N) is 2. The standard InChI is InChI=1S/C19H37N3O2/c1-5-9-20-13-17-8-10-21(14-17)11-12-22(15-16-6-7-16)18(23)24-19(2,3)4/h16-17,20H,5-15H2,1-4H3. The molecular formula is C19H37N3O2. The number of carbonyl (C=O) groups is 1. The van der Waals surface area contributed by atoms with E-state index in [0.29, 0.717) is 5.92 Å². The van der Waals surface area contributed by atoms with Crippen LogP contribution in [0.4, 0.5) is 4.79 Å². The first-order chi connectivity index (χ1) is 11.4. The first-order valence-corrected chi connectivity index (χ1v) is 9.78. The van der Waals surface area contributed by atoms with Crippen LogP contribution in [0.25, 0.3) is 0 Å². The minimum Gasteiger partial charge on any atom is -0.444 e. The SMILES string of the molecule is CCCNCC1CCN(CCN(CC2CC2)C(=O)OC(C)(C)C)C1. The van der Waals surface area contributed by atoms with E-state index in [1.165, 1.54) is 25.7 Å². The number of carbonyl (C=O) groups excluding carboxylic acids is 1. The maximum atomic E-state index is 12.4. The van der Waals surface area contributed by atoms with Gasteiger partial charge in [-0.1, -0.05) is 6.92 Å². The number of hydrogen-bond acceptors (Lipinski definition) is 4. The van der Waals surface area contributed by atoms with Gasteiger partial charge in [0.05, 0.1) is 0 Å². The van der Waals surface area contributed by atoms with Crippen molar-refractivity contribution in [3.05, 3.63) is 0 Å². The monoisotopic (exact) mass is 339 g/mol. The summed E-state index contributed by atoms with van der Waals surface area (Å²) in [6, 6.07) is 0. The van der Waals surface area contributed by atoms with Crippen molar-refractivity contribution < 1.29 is 9.53 Å². The zero-order chi connectivity index (χ0) is 17.6. The normalized spacial score (nSPS) is 21.9. The van der Waals surface area contributed by atoms with Crippen LogP contribution in [0.15, 0.2) is 0 Å². The van der Waals surface area contributed by atoms with Gasteiger partial charge in [-0.3, -0.25) is 0 Å². The molecule has 1 saturated heterocycles. The van der Waals surface area contributed by atoms with Crippen LogP contribution in [0.5, 0.6) is 0 Å². The fourth-order valence-corrected chi connectivity index (χ4v) is 3.22. The third kappa shape index (κ3) is 7.39. The number of rotatable bonds is 9. The Labute approximate surface area is 148 Å². The van der Waals surface area contributed by atoms with Gasteiger partial charge in [0.25, 0.3) is 0 Å². The molecule has 5 heteroatoms. The second-order valence-electron chi connectivity index (χ2n) is 8.53. The average molecular weight is 340 g/mol. The smallest absolute Gasteiger partial charge is 0.410 e. The van der Waals surface area contributed by atoms with E-state index in [1.54, 1.807) is 0 Å². The van der Waals surface area contributed by atoms with Gasteiger partial charge in [0.2, 0.25) is 0 Å². The lowest BCUT2D eigenvalue weighted by atomic mass is 10.1. The molecule has 0 aromatic heterocycles. The van der Waals surface area contributed by atoms with E-state index in [2.05, 4.69) is 17.1 Å². The Morgan fingerprint density at radius 3 is 2.62 bits per heavy atom. The molecule has 0 aromatic carbocycles. The number of amides is 1. The topological polar surface area (TPSA) is 44.8 Å². The molecule has 0 bridgehead atoms. The van der Waals surface area contributed by atoms with Gasteiger partial charge in [-0.25, -0.2) is 4.79 Å². The highest BCUT2D eigenvalue weighted by Gasteiger charge is 2.30. The molecule has 1 atom stereocenters. The minimum absolute atomic E-state index is 0.144. The van der Waals surface area contributed by atoms with Gasteiger partial charge in [0, 0.05) is 26.2 Å². The molecule has 0 radical (unpaired) electrons. The Hall–Kier alpha value is -0.810. The van der Waals surface area contributed by atoms with Crippen LogP contribution in [0.3, 0.4) is 0 Å². The van der Waals surface area contributed by atoms with E-state index in [0.717, 1.165) is 51.7 Å². The summed E-state index contributed by atoms with van der Waals surface area (Å²) in [7, 11) is 0. The predicted octanol–water partition coefficient (Wildman–Crippen LogP) is 2.96. The number of nitrogens with one attached hydrogen (secondary N) is 1. The summed E-state index contributed by atoms with van der Waals surface area (Å²) in [5.74, 6) is 1.46. The maximum Gasteiger partial charge on any atom is 0.410 e. The van der Waals surface area contributed by atoms with Gasteiger partial charge < -0.3 is 19.9 Å². The zero-order valence-electron chi connectivity index (χ0n) is 16.1. The molecule has 5 nitrogen and oxygen atoms in total.